The van der Waals surface area contributed by atoms with Gasteiger partial charge in [-0.05, 0) is 174 Å². The molecule has 0 aromatic heterocycles. The number of carboxylic acids is 3. The first kappa shape index (κ1) is 100. The van der Waals surface area contributed by atoms with Gasteiger partial charge in [0.05, 0.1) is 31.0 Å². The first-order valence-electron chi connectivity index (χ1n) is 28.5. The molecule has 5 saturated carbocycles. The third-order valence-corrected chi connectivity index (χ3v) is 22.8. The first-order valence-corrected chi connectivity index (χ1v) is 39.9. The molecule has 0 aromatic carbocycles. The van der Waals surface area contributed by atoms with E-state index in [1.807, 2.05) is 64.8 Å². The van der Waals surface area contributed by atoms with Crippen LogP contribution in [-0.4, -0.2) is 188 Å². The Balaban J connectivity index is -0.000000324. The van der Waals surface area contributed by atoms with Crippen LogP contribution in [-0.2, 0) is 93.8 Å². The van der Waals surface area contributed by atoms with Crippen LogP contribution in [0, 0.1) is 0 Å². The van der Waals surface area contributed by atoms with E-state index in [0.29, 0.717) is 31.4 Å². The number of hydrogen-bond acceptors (Lipinski definition) is 21. The molecule has 576 valence electrons. The molecule has 0 aliphatic heterocycles. The largest absolute Gasteiger partial charge is 0.490 e. The number of carboxylic acid groups (broad SMARTS) is 3. The number of rotatable bonds is 15. The number of aliphatic carboxylic acids is 3. The van der Waals surface area contributed by atoms with E-state index in [0.717, 1.165) is 64.2 Å². The van der Waals surface area contributed by atoms with E-state index in [9.17, 15) is 108 Å². The second kappa shape index (κ2) is 38.6. The van der Waals surface area contributed by atoms with E-state index in [-0.39, 0.29) is 27.3 Å². The average molecular weight is 1560 g/mol. The van der Waals surface area contributed by atoms with Gasteiger partial charge < -0.3 is 24.8 Å². The smallest absolute Gasteiger partial charge is 0.475 e. The number of sulfone groups is 1. The standard InChI is InChI=1S/C9H17NO4S.C8H15NO4S.C8H19NO2S.C7H15NO2S.C5H12O2S.C4H9NO2S.C3H7NO2S.3C2HF3O2/c1-8(2,3)14-7(11)10-15(12,13)9(4)5-6-9;1-8(2,3)13-7(10)9-14(11,12)6-4-5-6;1-5-6-7-12(10,11)9-8(2,3)4;1-7(2,3)8-11(9,10)6-4-5-6;1-3-4-5-8(2,6)7;1-4(2-3-4)8(5,6)7;4-7(5,6)3-1-2-3;3*3-2(4,5)1(6)7/h5-6H2,1-4H3,(H,10,11);6H,4-5H2,1-3H3,(H,9,10);9H,5-7H2,1-4H3;6,8H,4-5H2,1-3H3;3-5H2,1-2H3;2-3H2,1H3,(H2,5,6,7);3H,1-2H2,(H2,4,5,6);3*(H,6,7). The molecule has 0 unspecified atom stereocenters. The summed E-state index contributed by atoms with van der Waals surface area (Å²) in [7, 11) is -22.2. The number of nitrogens with one attached hydrogen (secondary N) is 4. The zero-order chi connectivity index (χ0) is 78.2. The van der Waals surface area contributed by atoms with Gasteiger partial charge in [0.2, 0.25) is 60.1 Å². The number of primary sulfonamides is 2. The fourth-order valence-corrected chi connectivity index (χ4v) is 13.0. The van der Waals surface area contributed by atoms with Crippen LogP contribution < -0.4 is 29.2 Å². The van der Waals surface area contributed by atoms with Crippen LogP contribution in [0.4, 0.5) is 49.1 Å². The molecule has 96 heavy (non-hydrogen) atoms. The van der Waals surface area contributed by atoms with Crippen LogP contribution in [0.5, 0.6) is 0 Å². The van der Waals surface area contributed by atoms with Crippen molar-refractivity contribution in [1.82, 2.24) is 18.9 Å². The molecule has 0 aromatic rings. The molecular weight excluding hydrogens is 1460 g/mol. The Labute approximate surface area is 558 Å². The van der Waals surface area contributed by atoms with Gasteiger partial charge in [-0.3, -0.25) is 0 Å². The zero-order valence-electron chi connectivity index (χ0n) is 56.4. The highest BCUT2D eigenvalue weighted by molar-refractivity contribution is 7.92. The number of hydrogen-bond donors (Lipinski definition) is 9. The van der Waals surface area contributed by atoms with Crippen LogP contribution >= 0.6 is 0 Å². The number of sulfonamides is 6. The summed E-state index contributed by atoms with van der Waals surface area (Å²) in [6.45, 7) is 28.4. The Morgan fingerprint density at radius 1 is 0.458 bits per heavy atom. The maximum Gasteiger partial charge on any atom is 0.490 e. The minimum absolute atomic E-state index is 0.110. The van der Waals surface area contributed by atoms with Gasteiger partial charge in [-0.25, -0.2) is 112 Å². The maximum absolute atomic E-state index is 11.6. The quantitative estimate of drug-likeness (QED) is 0.0764. The van der Waals surface area contributed by atoms with Crippen molar-refractivity contribution in [1.29, 1.82) is 0 Å². The van der Waals surface area contributed by atoms with Crippen molar-refractivity contribution in [3.63, 3.8) is 0 Å². The molecule has 5 fully saturated rings. The minimum Gasteiger partial charge on any atom is -0.475 e. The number of alkyl halides is 9. The van der Waals surface area contributed by atoms with Crippen LogP contribution in [0.25, 0.3) is 0 Å². The van der Waals surface area contributed by atoms with E-state index in [1.54, 1.807) is 55.4 Å². The topological polar surface area (TPSA) is 504 Å². The fraction of sp³-hybridized carbons (Fsp3) is 0.900. The first-order chi connectivity index (χ1) is 41.8. The van der Waals surface area contributed by atoms with Gasteiger partial charge >= 0.3 is 48.6 Å². The van der Waals surface area contributed by atoms with Crippen molar-refractivity contribution in [3.8, 4) is 0 Å². The summed E-state index contributed by atoms with van der Waals surface area (Å²) in [4.78, 5) is 49.0. The molecule has 5 rings (SSSR count). The summed E-state index contributed by atoms with van der Waals surface area (Å²) < 4.78 is 266. The Bertz CT molecular complexity index is 3250. The molecule has 2 amide bonds. The van der Waals surface area contributed by atoms with Crippen LogP contribution in [0.15, 0.2) is 0 Å². The molecule has 0 atom stereocenters. The van der Waals surface area contributed by atoms with Gasteiger partial charge in [0.15, 0.2) is 0 Å². The second-order valence-electron chi connectivity index (χ2n) is 26.2. The number of unbranched alkanes of at least 4 members (excludes halogenated alkanes) is 2. The Kier molecular flexibility index (Phi) is 40.4. The highest BCUT2D eigenvalue weighted by Gasteiger charge is 2.51. The summed E-state index contributed by atoms with van der Waals surface area (Å²) in [5, 5.41) is 30.2. The summed E-state index contributed by atoms with van der Waals surface area (Å²) >= 11 is 0. The van der Waals surface area contributed by atoms with Crippen molar-refractivity contribution < 1.29 is 147 Å². The van der Waals surface area contributed by atoms with Crippen LogP contribution in [0.2, 0.25) is 0 Å². The van der Waals surface area contributed by atoms with E-state index in [2.05, 4.69) is 9.44 Å². The van der Waals surface area contributed by atoms with Crippen molar-refractivity contribution >= 4 is 100 Å². The molecule has 0 spiro atoms. The third kappa shape index (κ3) is 57.7. The number of halogens is 9. The summed E-state index contributed by atoms with van der Waals surface area (Å²) in [6.07, 6.45) is -5.36. The summed E-state index contributed by atoms with van der Waals surface area (Å²) in [5.74, 6) is -7.70. The number of amides is 2. The van der Waals surface area contributed by atoms with E-state index < -0.39 is 145 Å². The van der Waals surface area contributed by atoms with Gasteiger partial charge in [-0.2, -0.15) is 39.5 Å². The lowest BCUT2D eigenvalue weighted by atomic mass is 10.1. The number of carbonyl (C=O) groups excluding carboxylic acids is 2. The van der Waals surface area contributed by atoms with E-state index >= 15 is 0 Å². The molecule has 0 heterocycles. The van der Waals surface area contributed by atoms with Gasteiger partial charge in [0, 0.05) is 23.1 Å². The summed E-state index contributed by atoms with van der Waals surface area (Å²) in [5.41, 5.74) is -2.05. The highest BCUT2D eigenvalue weighted by Crippen LogP contribution is 2.42. The lowest BCUT2D eigenvalue weighted by Crippen LogP contribution is -2.42. The van der Waals surface area contributed by atoms with Crippen molar-refractivity contribution in [3.05, 3.63) is 0 Å². The molecule has 11 N–H and O–H groups in total. The predicted octanol–water partition coefficient (Wildman–Crippen LogP) is 6.76. The van der Waals surface area contributed by atoms with Crippen molar-refractivity contribution in [2.24, 2.45) is 10.3 Å². The molecule has 5 aliphatic rings. The van der Waals surface area contributed by atoms with Crippen molar-refractivity contribution in [2.45, 2.75) is 267 Å². The van der Waals surface area contributed by atoms with Gasteiger partial charge in [-0.15, -0.1) is 0 Å². The number of nitrogens with two attached hydrogens (primary N) is 2. The third-order valence-electron chi connectivity index (χ3n) is 10.7. The maximum atomic E-state index is 11.6. The predicted molar refractivity (Wildman–Crippen MR) is 336 cm³/mol. The summed E-state index contributed by atoms with van der Waals surface area (Å²) in [6, 6.07) is 0. The van der Waals surface area contributed by atoms with Crippen LogP contribution in [0.3, 0.4) is 0 Å². The highest BCUT2D eigenvalue weighted by atomic mass is 32.2. The minimum atomic E-state index is -5.08. The van der Waals surface area contributed by atoms with E-state index in [4.69, 9.17) is 49.5 Å². The van der Waals surface area contributed by atoms with Crippen LogP contribution in [0.1, 0.15) is 201 Å². The normalized spacial score (nSPS) is 16.8. The SMILES string of the molecule is CC(C)(C)NS(=O)(=O)C1CC1.CC(C)(C)OC(=O)NS(=O)(=O)C1(C)CC1.CC(C)(C)OC(=O)NS(=O)(=O)C1CC1.CC1(S(N)(=O)=O)CC1.CCCCS(=O)(=O)NC(C)(C)C.CCCCS(C)(=O)=O.NS(=O)(=O)C1CC1.O=C(O)C(F)(F)F.O=C(O)C(F)(F)F.O=C(O)C(F)(F)F. The molecule has 46 heteroatoms. The molecule has 5 aliphatic carbocycles. The van der Waals surface area contributed by atoms with Gasteiger partial charge in [0.25, 0.3) is 0 Å². The molecule has 0 bridgehead atoms. The Hall–Kier alpha value is -4.19. The number of carbonyl (C=O) groups is 5. The molecule has 0 saturated heterocycles. The lowest BCUT2D eigenvalue weighted by molar-refractivity contribution is -0.193. The fourth-order valence-electron chi connectivity index (χ4n) is 4.86. The Morgan fingerprint density at radius 3 is 0.906 bits per heavy atom. The number of ether oxygens (including phenoxy) is 2. The molecule has 0 radical (unpaired) electrons. The monoisotopic (exact) mass is 1560 g/mol. The van der Waals surface area contributed by atoms with Crippen molar-refractivity contribution in [2.75, 3.05) is 17.8 Å². The Morgan fingerprint density at radius 2 is 0.729 bits per heavy atom. The van der Waals surface area contributed by atoms with Gasteiger partial charge in [-0.1, -0.05) is 26.7 Å². The molecule has 30 nitrogen and oxygen atoms in total. The zero-order valence-corrected chi connectivity index (χ0v) is 62.1. The lowest BCUT2D eigenvalue weighted by Gasteiger charge is -2.20. The second-order valence-corrected chi connectivity index (χ2v) is 40.3. The van der Waals surface area contributed by atoms with E-state index in [1.165, 1.54) is 6.26 Å². The van der Waals surface area contributed by atoms with Gasteiger partial charge in [0.1, 0.15) is 21.0 Å². The molecular formula is C50H97F9N6O24S7. The average Bonchev–Trinajstić information content (AvgIpc) is 1.63.